The zero-order chi connectivity index (χ0) is 19.7. The number of benzene rings is 2. The van der Waals surface area contributed by atoms with Gasteiger partial charge in [-0.05, 0) is 62.2 Å². The Labute approximate surface area is 164 Å². The predicted molar refractivity (Wildman–Crippen MR) is 104 cm³/mol. The summed E-state index contributed by atoms with van der Waals surface area (Å²) in [7, 11) is -3.53. The van der Waals surface area contributed by atoms with Crippen LogP contribution in [0.15, 0.2) is 47.4 Å². The number of anilines is 1. The highest BCUT2D eigenvalue weighted by Gasteiger charge is 2.30. The van der Waals surface area contributed by atoms with Crippen molar-refractivity contribution in [2.24, 2.45) is 0 Å². The quantitative estimate of drug-likeness (QED) is 0.849. The number of nitrogens with one attached hydrogen (secondary N) is 1. The smallest absolute Gasteiger partial charge is 0.255 e. The lowest BCUT2D eigenvalue weighted by molar-refractivity contribution is 0.102. The van der Waals surface area contributed by atoms with E-state index < -0.39 is 10.0 Å². The molecule has 2 heterocycles. The van der Waals surface area contributed by atoms with Gasteiger partial charge in [-0.15, -0.1) is 0 Å². The van der Waals surface area contributed by atoms with Gasteiger partial charge in [0.1, 0.15) is 0 Å². The molecule has 0 unspecified atom stereocenters. The van der Waals surface area contributed by atoms with Crippen LogP contribution in [0.4, 0.5) is 5.69 Å². The van der Waals surface area contributed by atoms with E-state index in [9.17, 15) is 13.2 Å². The maximum absolute atomic E-state index is 12.9. The second-order valence-electron chi connectivity index (χ2n) is 7.01. The third-order valence-corrected chi connectivity index (χ3v) is 7.12. The monoisotopic (exact) mass is 402 g/mol. The molecule has 0 spiro atoms. The van der Waals surface area contributed by atoms with Crippen LogP contribution in [0.25, 0.3) is 0 Å². The number of carbonyl (C=O) groups excluding carboxylic acids is 1. The second-order valence-corrected chi connectivity index (χ2v) is 8.90. The molecule has 0 aromatic heterocycles. The molecule has 2 aliphatic heterocycles. The molecule has 2 aliphatic rings. The molecule has 0 aliphatic carbocycles. The molecule has 0 bridgehead atoms. The minimum Gasteiger partial charge on any atom is -0.454 e. The van der Waals surface area contributed by atoms with Crippen molar-refractivity contribution in [3.63, 3.8) is 0 Å². The molecule has 28 heavy (non-hydrogen) atoms. The molecule has 148 valence electrons. The number of nitrogens with zero attached hydrogens (tertiary/aromatic N) is 1. The van der Waals surface area contributed by atoms with Crippen LogP contribution in [0.5, 0.6) is 11.5 Å². The summed E-state index contributed by atoms with van der Waals surface area (Å²) in [6.07, 6.45) is 2.81. The van der Waals surface area contributed by atoms with E-state index in [2.05, 4.69) is 5.32 Å². The topological polar surface area (TPSA) is 84.9 Å². The number of ether oxygens (including phenoxy) is 2. The highest BCUT2D eigenvalue weighted by molar-refractivity contribution is 7.89. The third kappa shape index (κ3) is 3.57. The first kappa shape index (κ1) is 18.8. The number of fused-ring (bicyclic) bond motifs is 1. The van der Waals surface area contributed by atoms with Crippen LogP contribution in [0.2, 0.25) is 0 Å². The fourth-order valence-corrected chi connectivity index (χ4v) is 5.21. The van der Waals surface area contributed by atoms with Crippen molar-refractivity contribution >= 4 is 21.6 Å². The van der Waals surface area contributed by atoms with E-state index in [1.165, 1.54) is 12.1 Å². The zero-order valence-electron chi connectivity index (χ0n) is 15.6. The lowest BCUT2D eigenvalue weighted by atomic mass is 10.1. The van der Waals surface area contributed by atoms with E-state index in [1.807, 2.05) is 6.92 Å². The van der Waals surface area contributed by atoms with Crippen molar-refractivity contribution in [1.29, 1.82) is 0 Å². The molecule has 2 aromatic rings. The Morgan fingerprint density at radius 3 is 2.57 bits per heavy atom. The summed E-state index contributed by atoms with van der Waals surface area (Å²) in [6, 6.07) is 11.2. The normalized spacial score (nSPS) is 19.4. The Bertz CT molecular complexity index is 988. The van der Waals surface area contributed by atoms with Crippen LogP contribution in [0.3, 0.4) is 0 Å². The van der Waals surface area contributed by atoms with Crippen molar-refractivity contribution in [2.45, 2.75) is 37.1 Å². The van der Waals surface area contributed by atoms with Gasteiger partial charge in [0.15, 0.2) is 11.5 Å². The molecule has 8 heteroatoms. The molecule has 1 atom stereocenters. The molecule has 0 saturated carbocycles. The molecule has 0 radical (unpaired) electrons. The van der Waals surface area contributed by atoms with Gasteiger partial charge in [0.25, 0.3) is 5.91 Å². The van der Waals surface area contributed by atoms with Crippen molar-refractivity contribution in [3.05, 3.63) is 48.0 Å². The first-order chi connectivity index (χ1) is 13.4. The van der Waals surface area contributed by atoms with Crippen molar-refractivity contribution in [2.75, 3.05) is 18.7 Å². The first-order valence-electron chi connectivity index (χ1n) is 9.28. The number of carbonyl (C=O) groups is 1. The van der Waals surface area contributed by atoms with Gasteiger partial charge in [-0.3, -0.25) is 4.79 Å². The Morgan fingerprint density at radius 2 is 1.82 bits per heavy atom. The Balaban J connectivity index is 1.48. The van der Waals surface area contributed by atoms with Crippen LogP contribution < -0.4 is 14.8 Å². The Hall–Kier alpha value is -2.58. The average molecular weight is 402 g/mol. The van der Waals surface area contributed by atoms with Gasteiger partial charge in [0.2, 0.25) is 16.8 Å². The number of rotatable bonds is 4. The third-order valence-electron chi connectivity index (χ3n) is 5.10. The Morgan fingerprint density at radius 1 is 1.07 bits per heavy atom. The van der Waals surface area contributed by atoms with Crippen LogP contribution in [0, 0.1) is 0 Å². The summed E-state index contributed by atoms with van der Waals surface area (Å²) < 4.78 is 37.8. The van der Waals surface area contributed by atoms with Crippen molar-refractivity contribution in [1.82, 2.24) is 4.31 Å². The van der Waals surface area contributed by atoms with Crippen molar-refractivity contribution < 1.29 is 22.7 Å². The predicted octanol–water partition coefficient (Wildman–Crippen LogP) is 3.23. The van der Waals surface area contributed by atoms with E-state index >= 15 is 0 Å². The Kier molecular flexibility index (Phi) is 4.99. The number of amides is 1. The molecule has 1 saturated heterocycles. The van der Waals surface area contributed by atoms with E-state index in [0.717, 1.165) is 19.3 Å². The van der Waals surface area contributed by atoms with Gasteiger partial charge < -0.3 is 14.8 Å². The highest BCUT2D eigenvalue weighted by Crippen LogP contribution is 2.32. The van der Waals surface area contributed by atoms with E-state index in [0.29, 0.717) is 29.3 Å². The van der Waals surface area contributed by atoms with Gasteiger partial charge in [-0.25, -0.2) is 8.42 Å². The number of piperidine rings is 1. The average Bonchev–Trinajstić information content (AvgIpc) is 3.16. The van der Waals surface area contributed by atoms with E-state index in [4.69, 9.17) is 9.47 Å². The lowest BCUT2D eigenvalue weighted by Gasteiger charge is -2.32. The van der Waals surface area contributed by atoms with E-state index in [1.54, 1.807) is 34.6 Å². The number of hydrogen-bond acceptors (Lipinski definition) is 5. The molecule has 1 fully saturated rings. The van der Waals surface area contributed by atoms with Crippen LogP contribution in [0.1, 0.15) is 36.5 Å². The van der Waals surface area contributed by atoms with Crippen LogP contribution in [-0.2, 0) is 10.0 Å². The SMILES string of the molecule is C[C@H]1CCCCN1S(=O)(=O)c1ccc(NC(=O)c2ccc3c(c2)OCO3)cc1. The lowest BCUT2D eigenvalue weighted by Crippen LogP contribution is -2.41. The van der Waals surface area contributed by atoms with Gasteiger partial charge in [-0.1, -0.05) is 6.42 Å². The molecule has 1 N–H and O–H groups in total. The molecule has 4 rings (SSSR count). The fourth-order valence-electron chi connectivity index (χ4n) is 3.52. The minimum atomic E-state index is -3.53. The molecular formula is C20H22N2O5S. The number of hydrogen-bond donors (Lipinski definition) is 1. The van der Waals surface area contributed by atoms with Crippen LogP contribution >= 0.6 is 0 Å². The fraction of sp³-hybridized carbons (Fsp3) is 0.350. The summed E-state index contributed by atoms with van der Waals surface area (Å²) in [5.74, 6) is 0.835. The molecule has 7 nitrogen and oxygen atoms in total. The van der Waals surface area contributed by atoms with Gasteiger partial charge in [-0.2, -0.15) is 4.31 Å². The van der Waals surface area contributed by atoms with Gasteiger partial charge in [0.05, 0.1) is 4.90 Å². The summed E-state index contributed by atoms with van der Waals surface area (Å²) in [5, 5.41) is 2.77. The number of sulfonamides is 1. The highest BCUT2D eigenvalue weighted by atomic mass is 32.2. The maximum Gasteiger partial charge on any atom is 0.255 e. The largest absolute Gasteiger partial charge is 0.454 e. The minimum absolute atomic E-state index is 0.00383. The summed E-state index contributed by atoms with van der Waals surface area (Å²) >= 11 is 0. The maximum atomic E-state index is 12.9. The second kappa shape index (κ2) is 7.44. The summed E-state index contributed by atoms with van der Waals surface area (Å²) in [6.45, 7) is 2.63. The standard InChI is InChI=1S/C20H22N2O5S/c1-14-4-2-3-11-22(14)28(24,25)17-8-6-16(7-9-17)21-20(23)15-5-10-18-19(12-15)27-13-26-18/h5-10,12,14H,2-4,11,13H2,1H3,(H,21,23)/t14-/m0/s1. The zero-order valence-corrected chi connectivity index (χ0v) is 16.4. The van der Waals surface area contributed by atoms with Crippen molar-refractivity contribution in [3.8, 4) is 11.5 Å². The summed E-state index contributed by atoms with van der Waals surface area (Å²) in [5.41, 5.74) is 0.955. The van der Waals surface area contributed by atoms with E-state index in [-0.39, 0.29) is 23.6 Å². The van der Waals surface area contributed by atoms with Gasteiger partial charge in [0, 0.05) is 23.8 Å². The first-order valence-corrected chi connectivity index (χ1v) is 10.7. The van der Waals surface area contributed by atoms with Crippen LogP contribution in [-0.4, -0.2) is 38.0 Å². The molecule has 2 aromatic carbocycles. The molecular weight excluding hydrogens is 380 g/mol. The molecule has 1 amide bonds. The van der Waals surface area contributed by atoms with Gasteiger partial charge >= 0.3 is 0 Å². The summed E-state index contributed by atoms with van der Waals surface area (Å²) in [4.78, 5) is 12.7.